The predicted molar refractivity (Wildman–Crippen MR) is 164 cm³/mol. The molecule has 0 amide bonds. The first-order valence-electron chi connectivity index (χ1n) is 14.2. The molecule has 0 unspecified atom stereocenters. The van der Waals surface area contributed by atoms with E-state index in [-0.39, 0.29) is 48.4 Å². The second kappa shape index (κ2) is 11.0. The molecule has 0 radical (unpaired) electrons. The van der Waals surface area contributed by atoms with Crippen molar-refractivity contribution in [2.24, 2.45) is 0 Å². The summed E-state index contributed by atoms with van der Waals surface area (Å²) < 4.78 is 5.89. The zero-order valence-electron chi connectivity index (χ0n) is 25.0. The number of carbonyl (C=O) groups is 2. The maximum absolute atomic E-state index is 12.5. The van der Waals surface area contributed by atoms with Gasteiger partial charge in [-0.2, -0.15) is 0 Å². The first-order chi connectivity index (χ1) is 20.4. The molecule has 2 N–H and O–H groups in total. The van der Waals surface area contributed by atoms with Gasteiger partial charge in [-0.25, -0.2) is 0 Å². The number of rotatable bonds is 5. The molecule has 10 heteroatoms. The summed E-state index contributed by atoms with van der Waals surface area (Å²) in [5.41, 5.74) is 4.94. The van der Waals surface area contributed by atoms with Crippen LogP contribution in [-0.2, 0) is 37.8 Å². The van der Waals surface area contributed by atoms with Gasteiger partial charge in [0.2, 0.25) is 0 Å². The molecule has 8 bridgehead atoms. The van der Waals surface area contributed by atoms with Gasteiger partial charge in [0.05, 0.1) is 0 Å². The van der Waals surface area contributed by atoms with Gasteiger partial charge in [-0.05, 0) is 45.2 Å². The number of hydrogen-bond acceptors (Lipinski definition) is 4. The van der Waals surface area contributed by atoms with Crippen molar-refractivity contribution in [2.75, 3.05) is 0 Å². The Morgan fingerprint density at radius 2 is 1.55 bits per heavy atom. The van der Waals surface area contributed by atoms with Crippen LogP contribution in [0.5, 0.6) is 0 Å². The van der Waals surface area contributed by atoms with Crippen LogP contribution in [0.2, 0.25) is 0 Å². The van der Waals surface area contributed by atoms with E-state index in [4.69, 9.17) is 25.0 Å². The molecular weight excluding hydrogens is 600 g/mol. The molecule has 226 valence electrons. The molecule has 3 aromatic rings. The van der Waals surface area contributed by atoms with Gasteiger partial charge in [-0.1, -0.05) is 71.9 Å². The van der Waals surface area contributed by atoms with E-state index >= 15 is 0 Å². The van der Waals surface area contributed by atoms with E-state index in [0.717, 1.165) is 33.4 Å². The predicted octanol–water partition coefficient (Wildman–Crippen LogP) is 3.35. The zero-order valence-corrected chi connectivity index (χ0v) is 26.1. The third-order valence-electron chi connectivity index (χ3n) is 9.00. The molecule has 0 aromatic carbocycles. The van der Waals surface area contributed by atoms with E-state index in [0.29, 0.717) is 39.2 Å². The smallest absolute Gasteiger partial charge is 0.659 e. The quantitative estimate of drug-likeness (QED) is 0.323. The van der Waals surface area contributed by atoms with Crippen LogP contribution >= 0.6 is 0 Å². The van der Waals surface area contributed by atoms with Crippen molar-refractivity contribution in [1.29, 1.82) is 0 Å². The van der Waals surface area contributed by atoms with Gasteiger partial charge in [-0.15, -0.1) is 44.9 Å². The van der Waals surface area contributed by atoms with E-state index in [1.54, 1.807) is 31.2 Å². The van der Waals surface area contributed by atoms with Crippen molar-refractivity contribution in [3.63, 3.8) is 0 Å². The van der Waals surface area contributed by atoms with E-state index < -0.39 is 23.1 Å². The summed E-state index contributed by atoms with van der Waals surface area (Å²) in [7, 11) is 0. The minimum atomic E-state index is -1.68. The number of aromatic nitrogens is 3. The molecule has 1 spiro atoms. The van der Waals surface area contributed by atoms with Crippen LogP contribution in [0.15, 0.2) is 24.6 Å². The maximum atomic E-state index is 12.5. The fourth-order valence-electron chi connectivity index (χ4n) is 6.38. The molecule has 2 fully saturated rings. The molecule has 3 aliphatic heterocycles. The first-order valence-corrected chi connectivity index (χ1v) is 14.2. The van der Waals surface area contributed by atoms with Gasteiger partial charge >= 0.3 is 29.0 Å². The Morgan fingerprint density at radius 3 is 2.18 bits per heavy atom. The number of fused-ring (bicyclic) bond motifs is 9. The average molecular weight is 632 g/mol. The van der Waals surface area contributed by atoms with Crippen LogP contribution in [0.3, 0.4) is 0 Å². The minimum Gasteiger partial charge on any atom is -0.659 e. The van der Waals surface area contributed by atoms with Crippen LogP contribution < -0.4 is 25.7 Å². The molecule has 2 saturated heterocycles. The van der Waals surface area contributed by atoms with Gasteiger partial charge < -0.3 is 35.2 Å². The fourth-order valence-corrected chi connectivity index (χ4v) is 6.38. The minimum absolute atomic E-state index is 0. The van der Waals surface area contributed by atoms with Crippen molar-refractivity contribution in [3.05, 3.63) is 96.7 Å². The van der Waals surface area contributed by atoms with Gasteiger partial charge in [0.1, 0.15) is 11.2 Å². The van der Waals surface area contributed by atoms with Crippen LogP contribution in [0.25, 0.3) is 41.8 Å². The number of nitrogens with zero attached hydrogens (tertiary/aromatic N) is 4. The molecular formula is C34H32FeN4O5. The van der Waals surface area contributed by atoms with Crippen LogP contribution in [-0.4, -0.2) is 33.4 Å². The molecule has 0 saturated carbocycles. The van der Waals surface area contributed by atoms with Crippen molar-refractivity contribution in [3.8, 4) is 0 Å². The average Bonchev–Trinajstić information content (AvgIpc) is 3.69. The van der Waals surface area contributed by atoms with E-state index in [9.17, 15) is 19.8 Å². The normalized spacial score (nSPS) is 25.7. The fraction of sp³-hybridized carbons (Fsp3) is 0.294. The molecule has 44 heavy (non-hydrogen) atoms. The molecule has 6 rings (SSSR count). The van der Waals surface area contributed by atoms with E-state index in [1.807, 2.05) is 32.9 Å². The van der Waals surface area contributed by atoms with Gasteiger partial charge in [0.15, 0.2) is 0 Å². The number of ether oxygens (including phenoxy) is 1. The monoisotopic (exact) mass is 632 g/mol. The number of hydrogen-bond donors (Lipinski definition) is 2. The van der Waals surface area contributed by atoms with Crippen molar-refractivity contribution < 1.29 is 41.6 Å². The largest absolute Gasteiger partial charge is 4.00 e. The number of carbonyl (C=O) groups excluding carboxylic acids is 1. The van der Waals surface area contributed by atoms with Crippen LogP contribution in [0, 0.1) is 20.8 Å². The number of carboxylic acid groups (broad SMARTS) is 1. The Balaban J connectivity index is 0.00000384. The molecule has 3 aliphatic rings. The van der Waals surface area contributed by atoms with Crippen LogP contribution in [0.1, 0.15) is 82.3 Å². The summed E-state index contributed by atoms with van der Waals surface area (Å²) in [5, 5.41) is 27.8. The molecule has 2 atom stereocenters. The third kappa shape index (κ3) is 4.65. The number of esters is 1. The zero-order chi connectivity index (χ0) is 30.8. The molecule has 3 aromatic heterocycles. The third-order valence-corrected chi connectivity index (χ3v) is 9.00. The summed E-state index contributed by atoms with van der Waals surface area (Å²) in [4.78, 5) is 38.8. The first kappa shape index (κ1) is 31.2. The van der Waals surface area contributed by atoms with Gasteiger partial charge in [-0.3, -0.25) is 9.59 Å². The van der Waals surface area contributed by atoms with Gasteiger partial charge in [0.25, 0.3) is 0 Å². The Hall–Kier alpha value is -4.24. The standard InChI is InChI=1S/C34H32N4O5.Fe/c1-7-20-17(3)23-13-24-19(5)22(9-10-31(39)40)28(37-24)16-30-34(12-11-32(41)43-34)33(6,42)29(38-30)15-27-21(8-2)18(4)25(36-27)14-26(20)35-23;/h7-8,13-16,42H,1-2,9-12H2,3-6H3,(H,39,40);/q-4;+4/b23-13-,26-14-,29-15-,30-16-;/t33-,34+;/m0./s1. The van der Waals surface area contributed by atoms with Crippen molar-refractivity contribution >= 4 is 48.4 Å². The molecule has 9 nitrogen and oxygen atoms in total. The maximum Gasteiger partial charge on any atom is 4.00 e. The molecule has 0 aliphatic carbocycles. The Labute approximate surface area is 265 Å². The van der Waals surface area contributed by atoms with Crippen LogP contribution in [0.4, 0.5) is 0 Å². The second-order valence-electron chi connectivity index (χ2n) is 11.5. The molecule has 6 heterocycles. The SMILES string of the molecule is C=Cc1c2[n-]c(c1C)/C=c1\[n-]/c(c(C)c1C=C)=C\c1[n-]c(c(CCC(=O)O)c1C)/C=C1\[N-]/C(=C\2)[C@](C)(O)[C@@]12CCC(=O)O2.[Fe+4]. The summed E-state index contributed by atoms with van der Waals surface area (Å²) in [6, 6.07) is 0. The van der Waals surface area contributed by atoms with E-state index in [1.165, 1.54) is 0 Å². The topological polar surface area (TPSA) is 140 Å². The van der Waals surface area contributed by atoms with E-state index in [2.05, 4.69) is 13.2 Å². The Morgan fingerprint density at radius 1 is 0.909 bits per heavy atom. The summed E-state index contributed by atoms with van der Waals surface area (Å²) in [5.74, 6) is -1.36. The second-order valence-corrected chi connectivity index (χ2v) is 11.5. The summed E-state index contributed by atoms with van der Waals surface area (Å²) >= 11 is 0. The van der Waals surface area contributed by atoms with Crippen molar-refractivity contribution in [2.45, 2.75) is 64.6 Å². The Kier molecular flexibility index (Phi) is 7.82. The number of aliphatic hydroxyl groups is 1. The number of carboxylic acids is 1. The Bertz CT molecular complexity index is 1930. The summed E-state index contributed by atoms with van der Waals surface area (Å²) in [6.07, 6.45) is 11.2. The van der Waals surface area contributed by atoms with Crippen molar-refractivity contribution in [1.82, 2.24) is 15.0 Å². The summed E-state index contributed by atoms with van der Waals surface area (Å²) in [6.45, 7) is 15.4. The number of aliphatic carboxylic acids is 1. The van der Waals surface area contributed by atoms with Gasteiger partial charge in [0, 0.05) is 19.3 Å².